The molecule has 5 heteroatoms. The highest BCUT2D eigenvalue weighted by molar-refractivity contribution is 6.07. The fourth-order valence-electron chi connectivity index (χ4n) is 2.41. The zero-order valence-electron chi connectivity index (χ0n) is 11.0. The first-order chi connectivity index (χ1) is 9.65. The third-order valence-corrected chi connectivity index (χ3v) is 3.61. The summed E-state index contributed by atoms with van der Waals surface area (Å²) in [6, 6.07) is 7.53. The number of H-pyrrole nitrogens is 1. The molecule has 2 N–H and O–H groups in total. The number of carbonyl (C=O) groups excluding carboxylic acids is 1. The number of hydrogen-bond donors (Lipinski definition) is 2. The Labute approximate surface area is 116 Å². The van der Waals surface area contributed by atoms with Gasteiger partial charge in [-0.1, -0.05) is 18.2 Å². The number of aromatic nitrogens is 1. The second kappa shape index (κ2) is 5.00. The van der Waals surface area contributed by atoms with E-state index < -0.39 is 5.97 Å². The van der Waals surface area contributed by atoms with E-state index in [4.69, 9.17) is 5.11 Å². The fourth-order valence-corrected chi connectivity index (χ4v) is 2.41. The summed E-state index contributed by atoms with van der Waals surface area (Å²) in [7, 11) is 0. The van der Waals surface area contributed by atoms with Crippen LogP contribution in [0.3, 0.4) is 0 Å². The van der Waals surface area contributed by atoms with Crippen LogP contribution in [-0.4, -0.2) is 40.0 Å². The van der Waals surface area contributed by atoms with Gasteiger partial charge in [-0.05, 0) is 24.8 Å². The summed E-state index contributed by atoms with van der Waals surface area (Å²) >= 11 is 0. The van der Waals surface area contributed by atoms with E-state index in [1.165, 1.54) is 4.90 Å². The maximum absolute atomic E-state index is 12.6. The van der Waals surface area contributed by atoms with Crippen molar-refractivity contribution in [1.29, 1.82) is 0 Å². The van der Waals surface area contributed by atoms with Gasteiger partial charge in [0.1, 0.15) is 6.54 Å². The van der Waals surface area contributed by atoms with Crippen molar-refractivity contribution in [2.75, 3.05) is 13.1 Å². The van der Waals surface area contributed by atoms with Crippen molar-refractivity contribution in [2.45, 2.75) is 12.8 Å². The number of aromatic amines is 1. The van der Waals surface area contributed by atoms with Gasteiger partial charge in [0.15, 0.2) is 0 Å². The van der Waals surface area contributed by atoms with Crippen LogP contribution in [0, 0.1) is 5.92 Å². The Morgan fingerprint density at radius 1 is 1.30 bits per heavy atom. The lowest BCUT2D eigenvalue weighted by atomic mass is 10.1. The van der Waals surface area contributed by atoms with Crippen LogP contribution in [0.4, 0.5) is 0 Å². The lowest BCUT2D eigenvalue weighted by Gasteiger charge is -2.20. The number of nitrogens with zero attached hydrogens (tertiary/aromatic N) is 1. The molecule has 1 aromatic heterocycles. The number of benzene rings is 1. The first kappa shape index (κ1) is 12.7. The van der Waals surface area contributed by atoms with Gasteiger partial charge in [0, 0.05) is 23.6 Å². The van der Waals surface area contributed by atoms with Gasteiger partial charge in [0.05, 0.1) is 5.56 Å². The zero-order valence-corrected chi connectivity index (χ0v) is 11.0. The third-order valence-electron chi connectivity index (χ3n) is 3.61. The Kier molecular flexibility index (Phi) is 3.18. The minimum Gasteiger partial charge on any atom is -0.480 e. The molecule has 0 saturated heterocycles. The van der Waals surface area contributed by atoms with Gasteiger partial charge in [-0.2, -0.15) is 0 Å². The summed E-state index contributed by atoms with van der Waals surface area (Å²) in [4.78, 5) is 28.0. The average Bonchev–Trinajstić information content (AvgIpc) is 3.14. The highest BCUT2D eigenvalue weighted by atomic mass is 16.4. The second-order valence-corrected chi connectivity index (χ2v) is 5.27. The molecule has 5 nitrogen and oxygen atoms in total. The predicted octanol–water partition coefficient (Wildman–Crippen LogP) is 2.10. The molecule has 0 radical (unpaired) electrons. The molecule has 1 aliphatic rings. The van der Waals surface area contributed by atoms with Gasteiger partial charge in [0.2, 0.25) is 0 Å². The van der Waals surface area contributed by atoms with Crippen LogP contribution in [0.15, 0.2) is 30.5 Å². The lowest BCUT2D eigenvalue weighted by molar-refractivity contribution is -0.137. The van der Waals surface area contributed by atoms with Crippen LogP contribution < -0.4 is 0 Å². The van der Waals surface area contributed by atoms with E-state index in [2.05, 4.69) is 4.98 Å². The molecule has 0 atom stereocenters. The number of rotatable bonds is 5. The zero-order chi connectivity index (χ0) is 14.1. The summed E-state index contributed by atoms with van der Waals surface area (Å²) in [5.41, 5.74) is 1.43. The van der Waals surface area contributed by atoms with Gasteiger partial charge >= 0.3 is 5.97 Å². The summed E-state index contributed by atoms with van der Waals surface area (Å²) in [6.07, 6.45) is 3.82. The molecule has 1 amide bonds. The monoisotopic (exact) mass is 272 g/mol. The highest BCUT2D eigenvalue weighted by Gasteiger charge is 2.29. The number of aliphatic carboxylic acids is 1. The normalized spacial score (nSPS) is 14.4. The third kappa shape index (κ3) is 2.52. The van der Waals surface area contributed by atoms with E-state index in [0.29, 0.717) is 18.0 Å². The first-order valence-electron chi connectivity index (χ1n) is 6.72. The van der Waals surface area contributed by atoms with Crippen molar-refractivity contribution >= 4 is 22.8 Å². The molecule has 2 aromatic rings. The SMILES string of the molecule is O=C(O)CN(CC1CC1)C(=O)c1c[nH]c2ccccc12. The molecule has 20 heavy (non-hydrogen) atoms. The molecule has 104 valence electrons. The summed E-state index contributed by atoms with van der Waals surface area (Å²) in [5, 5.41) is 9.81. The second-order valence-electron chi connectivity index (χ2n) is 5.27. The van der Waals surface area contributed by atoms with E-state index in [9.17, 15) is 9.59 Å². The summed E-state index contributed by atoms with van der Waals surface area (Å²) in [5.74, 6) is -0.723. The average molecular weight is 272 g/mol. The van der Waals surface area contributed by atoms with E-state index in [1.807, 2.05) is 24.3 Å². The Bertz CT molecular complexity index is 658. The van der Waals surface area contributed by atoms with Crippen LogP contribution in [0.2, 0.25) is 0 Å². The van der Waals surface area contributed by atoms with E-state index in [1.54, 1.807) is 6.20 Å². The quantitative estimate of drug-likeness (QED) is 0.875. The Hall–Kier alpha value is -2.30. The van der Waals surface area contributed by atoms with Crippen LogP contribution >= 0.6 is 0 Å². The van der Waals surface area contributed by atoms with Gasteiger partial charge in [-0.15, -0.1) is 0 Å². The molecule has 1 aromatic carbocycles. The molecule has 1 heterocycles. The van der Waals surface area contributed by atoms with Crippen molar-refractivity contribution in [2.24, 2.45) is 5.92 Å². The summed E-state index contributed by atoms with van der Waals surface area (Å²) in [6.45, 7) is 0.291. The first-order valence-corrected chi connectivity index (χ1v) is 6.72. The van der Waals surface area contributed by atoms with E-state index in [-0.39, 0.29) is 12.5 Å². The number of fused-ring (bicyclic) bond motifs is 1. The number of para-hydroxylation sites is 1. The number of carboxylic acid groups (broad SMARTS) is 1. The Morgan fingerprint density at radius 2 is 2.05 bits per heavy atom. The number of carbonyl (C=O) groups is 2. The molecule has 0 unspecified atom stereocenters. The molecule has 0 spiro atoms. The van der Waals surface area contributed by atoms with E-state index >= 15 is 0 Å². The summed E-state index contributed by atoms with van der Waals surface area (Å²) < 4.78 is 0. The highest BCUT2D eigenvalue weighted by Crippen LogP contribution is 2.30. The largest absolute Gasteiger partial charge is 0.480 e. The molecule has 3 rings (SSSR count). The Balaban J connectivity index is 1.89. The molecular formula is C15H16N2O3. The maximum Gasteiger partial charge on any atom is 0.323 e. The van der Waals surface area contributed by atoms with Crippen molar-refractivity contribution in [3.8, 4) is 0 Å². The number of hydrogen-bond acceptors (Lipinski definition) is 2. The molecule has 0 aliphatic heterocycles. The fraction of sp³-hybridized carbons (Fsp3) is 0.333. The van der Waals surface area contributed by atoms with Crippen LogP contribution in [-0.2, 0) is 4.79 Å². The smallest absolute Gasteiger partial charge is 0.323 e. The number of amides is 1. The Morgan fingerprint density at radius 3 is 2.75 bits per heavy atom. The minimum absolute atomic E-state index is 0.211. The van der Waals surface area contributed by atoms with Gasteiger partial charge in [-0.25, -0.2) is 0 Å². The molecule has 1 fully saturated rings. The lowest BCUT2D eigenvalue weighted by Crippen LogP contribution is -2.37. The standard InChI is InChI=1S/C15H16N2O3/c18-14(19)9-17(8-10-5-6-10)15(20)12-7-16-13-4-2-1-3-11(12)13/h1-4,7,10,16H,5-6,8-9H2,(H,18,19). The minimum atomic E-state index is -0.973. The van der Waals surface area contributed by atoms with Crippen molar-refractivity contribution in [1.82, 2.24) is 9.88 Å². The number of carboxylic acids is 1. The molecule has 1 aliphatic carbocycles. The molecular weight excluding hydrogens is 256 g/mol. The predicted molar refractivity (Wildman–Crippen MR) is 74.6 cm³/mol. The van der Waals surface area contributed by atoms with Gasteiger partial charge < -0.3 is 15.0 Å². The maximum atomic E-state index is 12.6. The van der Waals surface area contributed by atoms with Crippen LogP contribution in [0.5, 0.6) is 0 Å². The van der Waals surface area contributed by atoms with Crippen LogP contribution in [0.25, 0.3) is 10.9 Å². The van der Waals surface area contributed by atoms with Crippen LogP contribution in [0.1, 0.15) is 23.2 Å². The van der Waals surface area contributed by atoms with Gasteiger partial charge in [0.25, 0.3) is 5.91 Å². The van der Waals surface area contributed by atoms with Crippen molar-refractivity contribution in [3.05, 3.63) is 36.0 Å². The molecule has 1 saturated carbocycles. The van der Waals surface area contributed by atoms with Crippen molar-refractivity contribution in [3.63, 3.8) is 0 Å². The topological polar surface area (TPSA) is 73.4 Å². The van der Waals surface area contributed by atoms with Gasteiger partial charge in [-0.3, -0.25) is 9.59 Å². The van der Waals surface area contributed by atoms with Crippen molar-refractivity contribution < 1.29 is 14.7 Å². The van der Waals surface area contributed by atoms with E-state index in [0.717, 1.165) is 23.7 Å². The molecule has 0 bridgehead atoms. The number of nitrogens with one attached hydrogen (secondary N) is 1.